The summed E-state index contributed by atoms with van der Waals surface area (Å²) in [5.74, 6) is -0.424. The van der Waals surface area contributed by atoms with Crippen molar-refractivity contribution in [1.29, 1.82) is 0 Å². The van der Waals surface area contributed by atoms with E-state index in [0.717, 1.165) is 23.1 Å². The van der Waals surface area contributed by atoms with Gasteiger partial charge in [0.05, 0.1) is 54.7 Å². The van der Waals surface area contributed by atoms with Crippen molar-refractivity contribution in [2.75, 3.05) is 6.61 Å². The molecule has 9 nitrogen and oxygen atoms in total. The molecule has 220 valence electrons. The molecule has 1 saturated heterocycles. The minimum Gasteiger partial charge on any atom is -0.478 e. The number of rotatable bonds is 5. The highest BCUT2D eigenvalue weighted by Crippen LogP contribution is 2.31. The van der Waals surface area contributed by atoms with Crippen molar-refractivity contribution in [3.63, 3.8) is 0 Å². The minimum atomic E-state index is -1.02. The van der Waals surface area contributed by atoms with E-state index >= 15 is 4.39 Å². The van der Waals surface area contributed by atoms with Gasteiger partial charge in [-0.05, 0) is 65.1 Å². The maximum absolute atomic E-state index is 15.8. The molecule has 4 bridgehead atoms. The molecule has 5 aromatic rings. The average Bonchev–Trinajstić information content (AvgIpc) is 3.34. The van der Waals surface area contributed by atoms with E-state index in [9.17, 15) is 9.90 Å². The third-order valence-electron chi connectivity index (χ3n) is 8.10. The topological polar surface area (TPSA) is 100 Å². The summed E-state index contributed by atoms with van der Waals surface area (Å²) < 4.78 is 35.7. The van der Waals surface area contributed by atoms with Crippen molar-refractivity contribution >= 4 is 22.7 Å². The number of aromatic nitrogens is 3. The van der Waals surface area contributed by atoms with Crippen molar-refractivity contribution in [3.05, 3.63) is 118 Å². The highest BCUT2D eigenvalue weighted by Gasteiger charge is 2.24. The third-order valence-corrected chi connectivity index (χ3v) is 8.10. The number of fused-ring (bicyclic) bond motifs is 7. The molecule has 3 aromatic carbocycles. The van der Waals surface area contributed by atoms with Gasteiger partial charge in [0.1, 0.15) is 18.2 Å². The number of halogens is 1. The number of aromatic carboxylic acids is 1. The van der Waals surface area contributed by atoms with Crippen LogP contribution in [0.15, 0.2) is 66.7 Å². The Morgan fingerprint density at radius 3 is 2.68 bits per heavy atom. The molecule has 0 aliphatic carbocycles. The van der Waals surface area contributed by atoms with Crippen molar-refractivity contribution < 1.29 is 28.5 Å². The van der Waals surface area contributed by atoms with E-state index in [0.29, 0.717) is 58.4 Å². The van der Waals surface area contributed by atoms with Gasteiger partial charge < -0.3 is 23.9 Å². The monoisotopic (exact) mass is 590 g/mol. The SMILES string of the molecule is [C-]#[N+]c1ccc2c(c1)COCc1cc(c(F)cc1Cc1nc3ccc(C(=O)O)cc3n1C[C@@H]1CCO1)-c1cccc(n1)OC2. The number of benzene rings is 3. The van der Waals surface area contributed by atoms with E-state index in [2.05, 4.69) is 9.83 Å². The largest absolute Gasteiger partial charge is 0.478 e. The van der Waals surface area contributed by atoms with Crippen LogP contribution in [0, 0.1) is 12.4 Å². The Bertz CT molecular complexity index is 1960. The summed E-state index contributed by atoms with van der Waals surface area (Å²) >= 11 is 0. The summed E-state index contributed by atoms with van der Waals surface area (Å²) in [4.78, 5) is 24.7. The number of nitrogens with zero attached hydrogens (tertiary/aromatic N) is 4. The van der Waals surface area contributed by atoms with Crippen LogP contribution in [0.1, 0.15) is 44.9 Å². The first-order valence-electron chi connectivity index (χ1n) is 14.3. The molecule has 44 heavy (non-hydrogen) atoms. The van der Waals surface area contributed by atoms with Gasteiger partial charge in [-0.15, -0.1) is 0 Å². The van der Waals surface area contributed by atoms with Gasteiger partial charge in [-0.3, -0.25) is 0 Å². The standard InChI is InChI=1S/C34H27FN4O5/c1-36-25-7-5-21-19-44-33-4-2-3-29(38-33)27-12-24(18-42-17-23(21)11-25)22(13-28(27)35)15-32-37-30-8-6-20(34(40)41)14-31(30)39(32)16-26-9-10-43-26/h2-8,11-14,26H,9-10,15-19H2,(H,40,41)/t26-/m0/s1. The quantitative estimate of drug-likeness (QED) is 0.234. The molecule has 0 spiro atoms. The van der Waals surface area contributed by atoms with E-state index in [1.54, 1.807) is 48.5 Å². The van der Waals surface area contributed by atoms with Crippen LogP contribution in [-0.4, -0.2) is 38.3 Å². The molecule has 7 rings (SSSR count). The van der Waals surface area contributed by atoms with Gasteiger partial charge in [-0.25, -0.2) is 24.0 Å². The Labute approximate surface area is 252 Å². The van der Waals surface area contributed by atoms with Crippen LogP contribution in [0.3, 0.4) is 0 Å². The normalized spacial score (nSPS) is 16.0. The Balaban J connectivity index is 1.31. The lowest BCUT2D eigenvalue weighted by Gasteiger charge is -2.27. The molecule has 1 fully saturated rings. The average molecular weight is 591 g/mol. The molecule has 0 radical (unpaired) electrons. The zero-order valence-electron chi connectivity index (χ0n) is 23.6. The predicted octanol–water partition coefficient (Wildman–Crippen LogP) is 6.48. The van der Waals surface area contributed by atoms with Crippen molar-refractivity contribution in [2.24, 2.45) is 0 Å². The van der Waals surface area contributed by atoms with Crippen LogP contribution in [0.2, 0.25) is 0 Å². The van der Waals surface area contributed by atoms with Gasteiger partial charge in [0.2, 0.25) is 5.88 Å². The predicted molar refractivity (Wildman–Crippen MR) is 159 cm³/mol. The first kappa shape index (κ1) is 27.7. The Hall–Kier alpha value is -5.11. The van der Waals surface area contributed by atoms with Crippen LogP contribution < -0.4 is 4.74 Å². The number of carboxylic acid groups (broad SMARTS) is 1. The molecule has 1 N–H and O–H groups in total. The van der Waals surface area contributed by atoms with E-state index < -0.39 is 11.8 Å². The van der Waals surface area contributed by atoms with Gasteiger partial charge >= 0.3 is 5.97 Å². The van der Waals surface area contributed by atoms with E-state index in [1.807, 2.05) is 10.6 Å². The molecule has 2 aliphatic heterocycles. The summed E-state index contributed by atoms with van der Waals surface area (Å²) in [5.41, 5.74) is 5.93. The molecule has 0 unspecified atom stereocenters. The zero-order chi connectivity index (χ0) is 30.2. The zero-order valence-corrected chi connectivity index (χ0v) is 23.6. The molecule has 1 atom stereocenters. The molecular formula is C34H27FN4O5. The van der Waals surface area contributed by atoms with E-state index in [-0.39, 0.29) is 37.9 Å². The van der Waals surface area contributed by atoms with Crippen LogP contribution in [-0.2, 0) is 42.3 Å². The molecule has 4 heterocycles. The number of carbonyl (C=O) groups is 1. The summed E-state index contributed by atoms with van der Waals surface area (Å²) in [6.07, 6.45) is 1.18. The lowest BCUT2D eigenvalue weighted by molar-refractivity contribution is -0.0589. The minimum absolute atomic E-state index is 0.00277. The van der Waals surface area contributed by atoms with Gasteiger partial charge in [0, 0.05) is 24.7 Å². The number of hydrogen-bond donors (Lipinski definition) is 1. The number of ether oxygens (including phenoxy) is 3. The first-order chi connectivity index (χ1) is 21.4. The fourth-order valence-corrected chi connectivity index (χ4v) is 5.63. The molecular weight excluding hydrogens is 563 g/mol. The Morgan fingerprint density at radius 1 is 1.02 bits per heavy atom. The summed E-state index contributed by atoms with van der Waals surface area (Å²) in [5, 5.41) is 9.60. The van der Waals surface area contributed by atoms with Gasteiger partial charge in [0.15, 0.2) is 5.69 Å². The summed E-state index contributed by atoms with van der Waals surface area (Å²) in [7, 11) is 0. The highest BCUT2D eigenvalue weighted by atomic mass is 19.1. The van der Waals surface area contributed by atoms with Gasteiger partial charge in [0.25, 0.3) is 0 Å². The van der Waals surface area contributed by atoms with Crippen LogP contribution in [0.5, 0.6) is 5.88 Å². The van der Waals surface area contributed by atoms with Crippen molar-refractivity contribution in [1.82, 2.24) is 14.5 Å². The second kappa shape index (κ2) is 11.5. The molecule has 2 aliphatic rings. The van der Waals surface area contributed by atoms with E-state index in [1.165, 1.54) is 12.1 Å². The van der Waals surface area contributed by atoms with Crippen molar-refractivity contribution in [2.45, 2.75) is 45.3 Å². The highest BCUT2D eigenvalue weighted by molar-refractivity contribution is 5.92. The lowest BCUT2D eigenvalue weighted by atomic mass is 9.98. The van der Waals surface area contributed by atoms with Gasteiger partial charge in [-0.2, -0.15) is 0 Å². The lowest BCUT2D eigenvalue weighted by Crippen LogP contribution is -2.31. The first-order valence-corrected chi connectivity index (χ1v) is 14.3. The van der Waals surface area contributed by atoms with E-state index in [4.69, 9.17) is 25.8 Å². The number of carboxylic acids is 1. The third kappa shape index (κ3) is 5.39. The smallest absolute Gasteiger partial charge is 0.335 e. The van der Waals surface area contributed by atoms with Crippen LogP contribution >= 0.6 is 0 Å². The summed E-state index contributed by atoms with van der Waals surface area (Å²) in [6, 6.07) is 18.8. The number of imidazole rings is 1. The number of pyridine rings is 1. The maximum atomic E-state index is 15.8. The summed E-state index contributed by atoms with van der Waals surface area (Å²) in [6.45, 7) is 9.26. The van der Waals surface area contributed by atoms with Crippen molar-refractivity contribution in [3.8, 4) is 17.1 Å². The molecule has 2 aromatic heterocycles. The maximum Gasteiger partial charge on any atom is 0.335 e. The molecule has 0 amide bonds. The fourth-order valence-electron chi connectivity index (χ4n) is 5.63. The Kier molecular flexibility index (Phi) is 7.26. The molecule has 10 heteroatoms. The number of hydrogen-bond acceptors (Lipinski definition) is 6. The Morgan fingerprint density at radius 2 is 1.89 bits per heavy atom. The van der Waals surface area contributed by atoms with Crippen LogP contribution in [0.4, 0.5) is 10.1 Å². The fraction of sp³-hybridized carbons (Fsp3) is 0.235. The second-order valence-corrected chi connectivity index (χ2v) is 10.9. The van der Waals surface area contributed by atoms with Crippen LogP contribution in [0.25, 0.3) is 27.1 Å². The van der Waals surface area contributed by atoms with Gasteiger partial charge in [-0.1, -0.05) is 24.3 Å². The second-order valence-electron chi connectivity index (χ2n) is 10.9. The molecule has 0 saturated carbocycles.